The van der Waals surface area contributed by atoms with E-state index in [0.29, 0.717) is 12.5 Å². The fourth-order valence-corrected chi connectivity index (χ4v) is 3.21. The number of aliphatic hydroxyl groups is 1. The van der Waals surface area contributed by atoms with Crippen molar-refractivity contribution in [2.75, 3.05) is 6.61 Å². The zero-order valence-corrected chi connectivity index (χ0v) is 12.3. The summed E-state index contributed by atoms with van der Waals surface area (Å²) in [5.41, 5.74) is 3.00. The molecule has 1 aliphatic carbocycles. The van der Waals surface area contributed by atoms with E-state index in [4.69, 9.17) is 0 Å². The van der Waals surface area contributed by atoms with Crippen LogP contribution in [0.4, 0.5) is 0 Å². The van der Waals surface area contributed by atoms with Gasteiger partial charge in [-0.05, 0) is 61.5 Å². The monoisotopic (exact) mass is 260 g/mol. The number of unbranched alkanes of at least 4 members (excludes halogenated alkanes) is 2. The molecular weight excluding hydrogens is 232 g/mol. The van der Waals surface area contributed by atoms with E-state index in [1.807, 2.05) is 0 Å². The molecule has 0 unspecified atom stereocenters. The second-order valence-corrected chi connectivity index (χ2v) is 6.10. The molecule has 0 bridgehead atoms. The van der Waals surface area contributed by atoms with Crippen LogP contribution in [0.2, 0.25) is 0 Å². The molecule has 0 heterocycles. The first kappa shape index (κ1) is 14.6. The summed E-state index contributed by atoms with van der Waals surface area (Å²) in [4.78, 5) is 0. The van der Waals surface area contributed by atoms with E-state index in [1.54, 1.807) is 0 Å². The van der Waals surface area contributed by atoms with E-state index >= 15 is 0 Å². The highest BCUT2D eigenvalue weighted by molar-refractivity contribution is 5.25. The third kappa shape index (κ3) is 4.35. The lowest BCUT2D eigenvalue weighted by Gasteiger charge is -2.27. The lowest BCUT2D eigenvalue weighted by molar-refractivity contribution is 0.182. The van der Waals surface area contributed by atoms with Crippen LogP contribution in [0.15, 0.2) is 24.3 Å². The van der Waals surface area contributed by atoms with Gasteiger partial charge in [0.2, 0.25) is 0 Å². The Morgan fingerprint density at radius 3 is 2.26 bits per heavy atom. The first-order valence-corrected chi connectivity index (χ1v) is 8.03. The largest absolute Gasteiger partial charge is 0.396 e. The van der Waals surface area contributed by atoms with Gasteiger partial charge in [0.1, 0.15) is 0 Å². The van der Waals surface area contributed by atoms with Gasteiger partial charge < -0.3 is 5.11 Å². The molecule has 0 saturated heterocycles. The Morgan fingerprint density at radius 2 is 1.68 bits per heavy atom. The Hall–Kier alpha value is -0.820. The van der Waals surface area contributed by atoms with Crippen LogP contribution in [0.5, 0.6) is 0 Å². The third-order valence-corrected chi connectivity index (χ3v) is 4.63. The smallest absolute Gasteiger partial charge is 0.0459 e. The molecule has 0 spiro atoms. The molecule has 1 heteroatoms. The zero-order valence-electron chi connectivity index (χ0n) is 12.3. The van der Waals surface area contributed by atoms with Gasteiger partial charge in [-0.1, -0.05) is 44.0 Å². The van der Waals surface area contributed by atoms with Crippen molar-refractivity contribution in [1.29, 1.82) is 0 Å². The van der Waals surface area contributed by atoms with Crippen molar-refractivity contribution in [3.8, 4) is 0 Å². The maximum Gasteiger partial charge on any atom is 0.0459 e. The van der Waals surface area contributed by atoms with Crippen LogP contribution in [-0.2, 0) is 6.42 Å². The number of hydrogen-bond donors (Lipinski definition) is 1. The van der Waals surface area contributed by atoms with E-state index in [-0.39, 0.29) is 0 Å². The number of hydrogen-bond acceptors (Lipinski definition) is 1. The van der Waals surface area contributed by atoms with E-state index in [0.717, 1.165) is 5.92 Å². The quantitative estimate of drug-likeness (QED) is 0.736. The van der Waals surface area contributed by atoms with Crippen molar-refractivity contribution < 1.29 is 5.11 Å². The lowest BCUT2D eigenvalue weighted by atomic mass is 9.79. The average Bonchev–Trinajstić information content (AvgIpc) is 2.48. The van der Waals surface area contributed by atoms with E-state index in [2.05, 4.69) is 31.2 Å². The van der Waals surface area contributed by atoms with Gasteiger partial charge in [-0.15, -0.1) is 0 Å². The van der Waals surface area contributed by atoms with Crippen molar-refractivity contribution >= 4 is 0 Å². The first-order valence-electron chi connectivity index (χ1n) is 8.03. The molecule has 1 N–H and O–H groups in total. The topological polar surface area (TPSA) is 20.2 Å². The van der Waals surface area contributed by atoms with Gasteiger partial charge in [0.15, 0.2) is 0 Å². The minimum absolute atomic E-state index is 0.378. The van der Waals surface area contributed by atoms with Gasteiger partial charge in [0.05, 0.1) is 0 Å². The van der Waals surface area contributed by atoms with Gasteiger partial charge in [0, 0.05) is 6.61 Å². The molecule has 1 aromatic rings. The molecule has 1 nitrogen and oxygen atoms in total. The number of benzene rings is 1. The van der Waals surface area contributed by atoms with Crippen molar-refractivity contribution in [2.24, 2.45) is 5.92 Å². The maximum absolute atomic E-state index is 9.19. The first-order chi connectivity index (χ1) is 9.33. The zero-order chi connectivity index (χ0) is 13.5. The van der Waals surface area contributed by atoms with E-state index in [9.17, 15) is 5.11 Å². The van der Waals surface area contributed by atoms with Crippen molar-refractivity contribution in [3.05, 3.63) is 35.4 Å². The molecule has 1 fully saturated rings. The van der Waals surface area contributed by atoms with Crippen LogP contribution in [0, 0.1) is 5.92 Å². The number of rotatable bonds is 6. The third-order valence-electron chi connectivity index (χ3n) is 4.63. The summed E-state index contributed by atoms with van der Waals surface area (Å²) in [5.74, 6) is 1.29. The summed E-state index contributed by atoms with van der Waals surface area (Å²) in [6.45, 7) is 2.63. The minimum Gasteiger partial charge on any atom is -0.396 e. The fourth-order valence-electron chi connectivity index (χ4n) is 3.21. The summed E-state index contributed by atoms with van der Waals surface area (Å²) in [6.07, 6.45) is 10.1. The molecule has 0 atom stereocenters. The molecule has 0 amide bonds. The van der Waals surface area contributed by atoms with E-state index in [1.165, 1.54) is 62.5 Å². The lowest BCUT2D eigenvalue weighted by Crippen LogP contribution is -2.16. The molecule has 1 saturated carbocycles. The van der Waals surface area contributed by atoms with Gasteiger partial charge in [0.25, 0.3) is 0 Å². The van der Waals surface area contributed by atoms with Gasteiger partial charge in [-0.2, -0.15) is 0 Å². The Balaban J connectivity index is 1.84. The standard InChI is InChI=1S/C18H28O/c1-2-3-4-5-15-6-10-17(11-7-15)18-12-8-16(14-19)9-13-18/h6-7,10-11,16,18-19H,2-5,8-9,12-14H2,1H3. The predicted molar refractivity (Wildman–Crippen MR) is 81.5 cm³/mol. The van der Waals surface area contributed by atoms with Crippen molar-refractivity contribution in [2.45, 2.75) is 64.2 Å². The maximum atomic E-state index is 9.19. The molecule has 0 radical (unpaired) electrons. The minimum atomic E-state index is 0.378. The number of aliphatic hydroxyl groups excluding tert-OH is 1. The predicted octanol–water partition coefficient (Wildman–Crippen LogP) is 4.69. The Bertz CT molecular complexity index is 346. The summed E-state index contributed by atoms with van der Waals surface area (Å²) in [7, 11) is 0. The fraction of sp³-hybridized carbons (Fsp3) is 0.667. The van der Waals surface area contributed by atoms with Crippen LogP contribution in [0.3, 0.4) is 0 Å². The summed E-state index contributed by atoms with van der Waals surface area (Å²) < 4.78 is 0. The average molecular weight is 260 g/mol. The molecule has 106 valence electrons. The van der Waals surface area contributed by atoms with Crippen LogP contribution < -0.4 is 0 Å². The molecular formula is C18H28O. The Morgan fingerprint density at radius 1 is 1.00 bits per heavy atom. The van der Waals surface area contributed by atoms with Gasteiger partial charge in [-0.25, -0.2) is 0 Å². The molecule has 2 rings (SSSR count). The SMILES string of the molecule is CCCCCc1ccc(C2CCC(CO)CC2)cc1. The van der Waals surface area contributed by atoms with Crippen LogP contribution in [-0.4, -0.2) is 11.7 Å². The van der Waals surface area contributed by atoms with Gasteiger partial charge in [-0.3, -0.25) is 0 Å². The Kier molecular flexibility index (Phi) is 5.91. The van der Waals surface area contributed by atoms with Gasteiger partial charge >= 0.3 is 0 Å². The highest BCUT2D eigenvalue weighted by Crippen LogP contribution is 2.35. The highest BCUT2D eigenvalue weighted by Gasteiger charge is 2.21. The van der Waals surface area contributed by atoms with Crippen molar-refractivity contribution in [1.82, 2.24) is 0 Å². The second-order valence-electron chi connectivity index (χ2n) is 6.10. The summed E-state index contributed by atoms with van der Waals surface area (Å²) >= 11 is 0. The molecule has 1 aromatic carbocycles. The van der Waals surface area contributed by atoms with Crippen LogP contribution in [0.25, 0.3) is 0 Å². The molecule has 19 heavy (non-hydrogen) atoms. The van der Waals surface area contributed by atoms with Crippen LogP contribution in [0.1, 0.15) is 68.9 Å². The molecule has 0 aromatic heterocycles. The second kappa shape index (κ2) is 7.69. The van der Waals surface area contributed by atoms with Crippen LogP contribution >= 0.6 is 0 Å². The van der Waals surface area contributed by atoms with E-state index < -0.39 is 0 Å². The number of aryl methyl sites for hydroxylation is 1. The summed E-state index contributed by atoms with van der Waals surface area (Å²) in [6, 6.07) is 9.32. The summed E-state index contributed by atoms with van der Waals surface area (Å²) in [5, 5.41) is 9.19. The molecule has 1 aliphatic rings. The normalized spacial score (nSPS) is 23.5. The highest BCUT2D eigenvalue weighted by atomic mass is 16.3. The van der Waals surface area contributed by atoms with Crippen molar-refractivity contribution in [3.63, 3.8) is 0 Å². The molecule has 0 aliphatic heterocycles. The Labute approximate surface area is 118 Å².